The maximum Gasteiger partial charge on any atom is 0.298 e. The molecule has 0 aliphatic carbocycles. The van der Waals surface area contributed by atoms with E-state index in [1.165, 1.54) is 43.7 Å². The summed E-state index contributed by atoms with van der Waals surface area (Å²) in [5.74, 6) is 0.176. The molecule has 0 bridgehead atoms. The van der Waals surface area contributed by atoms with Gasteiger partial charge in [-0.1, -0.05) is 51.2 Å². The highest BCUT2D eigenvalue weighted by molar-refractivity contribution is 7.86. The molecule has 142 valence electrons. The van der Waals surface area contributed by atoms with Crippen molar-refractivity contribution in [3.8, 4) is 17.2 Å². The molecule has 0 spiro atoms. The molecular weight excluding hydrogens is 352 g/mol. The molecule has 0 saturated carbocycles. The van der Waals surface area contributed by atoms with Gasteiger partial charge in [-0.3, -0.25) is 4.55 Å². The van der Waals surface area contributed by atoms with Gasteiger partial charge in [0.2, 0.25) is 0 Å². The predicted molar refractivity (Wildman–Crippen MR) is 102 cm³/mol. The quantitative estimate of drug-likeness (QED) is 0.431. The lowest BCUT2D eigenvalue weighted by atomic mass is 10.0. The summed E-state index contributed by atoms with van der Waals surface area (Å²) in [7, 11) is -4.44. The minimum absolute atomic E-state index is 0.115. The molecule has 26 heavy (non-hydrogen) atoms. The Morgan fingerprint density at radius 1 is 0.923 bits per heavy atom. The molecule has 0 aliphatic rings. The average molecular weight is 378 g/mol. The zero-order valence-corrected chi connectivity index (χ0v) is 15.8. The van der Waals surface area contributed by atoms with E-state index in [1.54, 1.807) is 12.1 Å². The average Bonchev–Trinajstić information content (AvgIpc) is 2.58. The molecule has 0 amide bonds. The number of aromatic hydroxyl groups is 1. The van der Waals surface area contributed by atoms with E-state index in [4.69, 9.17) is 4.74 Å². The van der Waals surface area contributed by atoms with Crippen molar-refractivity contribution in [3.63, 3.8) is 0 Å². The van der Waals surface area contributed by atoms with Crippen LogP contribution in [0, 0.1) is 0 Å². The van der Waals surface area contributed by atoms with Gasteiger partial charge in [-0.25, -0.2) is 0 Å². The fourth-order valence-electron chi connectivity index (χ4n) is 2.75. The molecule has 2 aromatic rings. The fourth-order valence-corrected chi connectivity index (χ4v) is 3.35. The van der Waals surface area contributed by atoms with E-state index in [2.05, 4.69) is 6.92 Å². The van der Waals surface area contributed by atoms with Crippen molar-refractivity contribution in [3.05, 3.63) is 48.0 Å². The molecule has 0 atom stereocenters. The van der Waals surface area contributed by atoms with E-state index in [9.17, 15) is 18.1 Å². The summed E-state index contributed by atoms with van der Waals surface area (Å²) < 4.78 is 37.6. The Morgan fingerprint density at radius 3 is 2.23 bits per heavy atom. The van der Waals surface area contributed by atoms with Gasteiger partial charge in [0.15, 0.2) is 5.75 Å². The van der Waals surface area contributed by atoms with Crippen molar-refractivity contribution < 1.29 is 22.8 Å². The van der Waals surface area contributed by atoms with Crippen molar-refractivity contribution in [2.75, 3.05) is 0 Å². The number of unbranched alkanes of at least 4 members (excludes halogenated alkanes) is 5. The second-order valence-electron chi connectivity index (χ2n) is 6.37. The second kappa shape index (κ2) is 9.59. The predicted octanol–water partition coefficient (Wildman–Crippen LogP) is 5.33. The molecule has 5 nitrogen and oxygen atoms in total. The van der Waals surface area contributed by atoms with Crippen LogP contribution >= 0.6 is 0 Å². The standard InChI is InChI=1S/C20H26O5S/c1-2-3-4-5-6-7-8-16-9-12-18(13-10-16)25-19-15-17(21)11-14-20(19)26(22,23)24/h9-15,21H,2-8H2,1H3,(H,22,23,24). The van der Waals surface area contributed by atoms with Gasteiger partial charge in [0.05, 0.1) is 0 Å². The Balaban J connectivity index is 1.96. The smallest absolute Gasteiger partial charge is 0.298 e. The number of aryl methyl sites for hydroxylation is 1. The lowest BCUT2D eigenvalue weighted by molar-refractivity contribution is 0.437. The Labute approximate surface area is 155 Å². The normalized spacial score (nSPS) is 11.5. The first-order chi connectivity index (χ1) is 12.4. The fraction of sp³-hybridized carbons (Fsp3) is 0.400. The van der Waals surface area contributed by atoms with E-state index < -0.39 is 10.1 Å². The SMILES string of the molecule is CCCCCCCCc1ccc(Oc2cc(O)ccc2S(=O)(=O)O)cc1. The lowest BCUT2D eigenvalue weighted by Crippen LogP contribution is -2.01. The van der Waals surface area contributed by atoms with Crippen LogP contribution in [0.4, 0.5) is 0 Å². The van der Waals surface area contributed by atoms with Gasteiger partial charge in [0.25, 0.3) is 10.1 Å². The number of benzene rings is 2. The van der Waals surface area contributed by atoms with Crippen molar-refractivity contribution in [1.82, 2.24) is 0 Å². The van der Waals surface area contributed by atoms with Crippen molar-refractivity contribution in [2.45, 2.75) is 56.8 Å². The summed E-state index contributed by atoms with van der Waals surface area (Å²) in [6.45, 7) is 2.21. The Bertz CT molecular complexity index is 797. The molecular formula is C20H26O5S. The number of phenolic OH excluding ortho intramolecular Hbond substituents is 1. The molecule has 0 radical (unpaired) electrons. The van der Waals surface area contributed by atoms with Crippen LogP contribution < -0.4 is 4.74 Å². The van der Waals surface area contributed by atoms with E-state index in [1.807, 2.05) is 12.1 Å². The molecule has 0 saturated heterocycles. The van der Waals surface area contributed by atoms with Gasteiger partial charge in [-0.05, 0) is 42.7 Å². The molecule has 0 aromatic heterocycles. The van der Waals surface area contributed by atoms with E-state index in [0.29, 0.717) is 5.75 Å². The molecule has 0 heterocycles. The van der Waals surface area contributed by atoms with Crippen LogP contribution in [0.25, 0.3) is 0 Å². The van der Waals surface area contributed by atoms with E-state index in [-0.39, 0.29) is 16.4 Å². The summed E-state index contributed by atoms with van der Waals surface area (Å²) in [6.07, 6.45) is 8.47. The van der Waals surface area contributed by atoms with Crippen LogP contribution in [0.3, 0.4) is 0 Å². The number of hydrogen-bond donors (Lipinski definition) is 2. The number of ether oxygens (including phenoxy) is 1. The molecule has 2 N–H and O–H groups in total. The molecule has 2 aromatic carbocycles. The largest absolute Gasteiger partial charge is 0.508 e. The van der Waals surface area contributed by atoms with Gasteiger partial charge < -0.3 is 9.84 Å². The van der Waals surface area contributed by atoms with E-state index in [0.717, 1.165) is 25.0 Å². The van der Waals surface area contributed by atoms with Crippen LogP contribution in [0.2, 0.25) is 0 Å². The Morgan fingerprint density at radius 2 is 1.58 bits per heavy atom. The van der Waals surface area contributed by atoms with Crippen LogP contribution in [0.1, 0.15) is 51.0 Å². The van der Waals surface area contributed by atoms with Gasteiger partial charge in [0, 0.05) is 6.07 Å². The van der Waals surface area contributed by atoms with Crippen LogP contribution in [0.5, 0.6) is 17.2 Å². The van der Waals surface area contributed by atoms with Crippen molar-refractivity contribution in [1.29, 1.82) is 0 Å². The van der Waals surface area contributed by atoms with Gasteiger partial charge >= 0.3 is 0 Å². The Kier molecular flexibility index (Phi) is 7.48. The highest BCUT2D eigenvalue weighted by atomic mass is 32.2. The summed E-state index contributed by atoms with van der Waals surface area (Å²) >= 11 is 0. The minimum Gasteiger partial charge on any atom is -0.508 e. The topological polar surface area (TPSA) is 83.8 Å². The lowest BCUT2D eigenvalue weighted by Gasteiger charge is -2.10. The summed E-state index contributed by atoms with van der Waals surface area (Å²) in [5, 5.41) is 9.54. The summed E-state index contributed by atoms with van der Waals surface area (Å²) in [4.78, 5) is -0.383. The second-order valence-corrected chi connectivity index (χ2v) is 7.76. The van der Waals surface area contributed by atoms with Gasteiger partial charge in [-0.2, -0.15) is 8.42 Å². The molecule has 0 aliphatic heterocycles. The first kappa shape index (κ1) is 20.3. The van der Waals surface area contributed by atoms with Crippen molar-refractivity contribution in [2.24, 2.45) is 0 Å². The first-order valence-electron chi connectivity index (χ1n) is 8.97. The number of phenols is 1. The van der Waals surface area contributed by atoms with Crippen LogP contribution in [0.15, 0.2) is 47.4 Å². The zero-order chi connectivity index (χ0) is 19.0. The maximum atomic E-state index is 11.4. The summed E-state index contributed by atoms with van der Waals surface area (Å²) in [6, 6.07) is 10.8. The first-order valence-corrected chi connectivity index (χ1v) is 10.4. The minimum atomic E-state index is -4.44. The van der Waals surface area contributed by atoms with Gasteiger partial charge in [-0.15, -0.1) is 0 Å². The highest BCUT2D eigenvalue weighted by Crippen LogP contribution is 2.32. The number of rotatable bonds is 10. The molecule has 0 unspecified atom stereocenters. The van der Waals surface area contributed by atoms with Crippen molar-refractivity contribution >= 4 is 10.1 Å². The highest BCUT2D eigenvalue weighted by Gasteiger charge is 2.18. The summed E-state index contributed by atoms with van der Waals surface area (Å²) in [5.41, 5.74) is 1.19. The van der Waals surface area contributed by atoms with Gasteiger partial charge in [0.1, 0.15) is 16.4 Å². The zero-order valence-electron chi connectivity index (χ0n) is 15.0. The third-order valence-corrected chi connectivity index (χ3v) is 5.07. The van der Waals surface area contributed by atoms with E-state index >= 15 is 0 Å². The third-order valence-electron chi connectivity index (χ3n) is 4.18. The monoisotopic (exact) mass is 378 g/mol. The van der Waals surface area contributed by atoms with Crippen LogP contribution in [-0.4, -0.2) is 18.1 Å². The number of hydrogen-bond acceptors (Lipinski definition) is 4. The third kappa shape index (κ3) is 6.35. The molecule has 0 fully saturated rings. The molecule has 6 heteroatoms. The maximum absolute atomic E-state index is 11.4. The van der Waals surface area contributed by atoms with Crippen LogP contribution in [-0.2, 0) is 16.5 Å². The Hall–Kier alpha value is -2.05. The molecule has 2 rings (SSSR count).